The summed E-state index contributed by atoms with van der Waals surface area (Å²) in [5.74, 6) is 0.0656. The third-order valence-corrected chi connectivity index (χ3v) is 2.74. The highest BCUT2D eigenvalue weighted by Gasteiger charge is 2.10. The van der Waals surface area contributed by atoms with Crippen LogP contribution in [0.15, 0.2) is 18.2 Å². The van der Waals surface area contributed by atoms with Crippen LogP contribution >= 0.6 is 23.2 Å². The van der Waals surface area contributed by atoms with Crippen molar-refractivity contribution in [3.05, 3.63) is 33.9 Å². The Morgan fingerprint density at radius 2 is 1.87 bits per heavy atom. The zero-order valence-corrected chi connectivity index (χ0v) is 9.39. The Kier molecular flexibility index (Phi) is 2.59. The van der Waals surface area contributed by atoms with E-state index in [1.165, 1.54) is 6.07 Å². The van der Waals surface area contributed by atoms with Gasteiger partial charge in [0, 0.05) is 17.3 Å². The van der Waals surface area contributed by atoms with Gasteiger partial charge in [-0.2, -0.15) is 5.10 Å². The van der Waals surface area contributed by atoms with Crippen LogP contribution < -0.4 is 0 Å². The second kappa shape index (κ2) is 3.76. The van der Waals surface area contributed by atoms with Gasteiger partial charge in [0.2, 0.25) is 0 Å². The number of phenolic OH excluding ortho intramolecular Hbond substituents is 1. The molecule has 0 radical (unpaired) electrons. The molecule has 0 unspecified atom stereocenters. The monoisotopic (exact) mass is 242 g/mol. The number of aromatic hydroxyl groups is 1. The lowest BCUT2D eigenvalue weighted by molar-refractivity contribution is 0.477. The van der Waals surface area contributed by atoms with E-state index < -0.39 is 0 Å². The Morgan fingerprint density at radius 3 is 2.47 bits per heavy atom. The number of nitrogens with one attached hydrogen (secondary N) is 1. The highest BCUT2D eigenvalue weighted by molar-refractivity contribution is 6.42. The van der Waals surface area contributed by atoms with Gasteiger partial charge in [-0.05, 0) is 19.1 Å². The van der Waals surface area contributed by atoms with Gasteiger partial charge in [0.25, 0.3) is 0 Å². The summed E-state index contributed by atoms with van der Waals surface area (Å²) in [7, 11) is 0. The number of aryl methyl sites for hydroxylation is 1. The molecule has 0 saturated carbocycles. The summed E-state index contributed by atoms with van der Waals surface area (Å²) < 4.78 is 0. The summed E-state index contributed by atoms with van der Waals surface area (Å²) >= 11 is 11.6. The predicted octanol–water partition coefficient (Wildman–Crippen LogP) is 3.40. The number of aromatic nitrogens is 2. The molecule has 0 aliphatic carbocycles. The first-order valence-corrected chi connectivity index (χ1v) is 5.04. The highest BCUT2D eigenvalue weighted by Crippen LogP contribution is 2.35. The van der Waals surface area contributed by atoms with Gasteiger partial charge < -0.3 is 5.11 Å². The molecule has 0 fully saturated rings. The van der Waals surface area contributed by atoms with Gasteiger partial charge in [-0.3, -0.25) is 5.10 Å². The number of benzene rings is 1. The number of halogens is 2. The Hall–Kier alpha value is -1.19. The fraction of sp³-hybridized carbons (Fsp3) is 0.100. The molecule has 0 atom stereocenters. The first kappa shape index (κ1) is 10.3. The van der Waals surface area contributed by atoms with Crippen molar-refractivity contribution in [3.63, 3.8) is 0 Å². The number of phenols is 1. The van der Waals surface area contributed by atoms with Crippen molar-refractivity contribution in [2.75, 3.05) is 0 Å². The van der Waals surface area contributed by atoms with Crippen molar-refractivity contribution in [3.8, 4) is 17.0 Å². The van der Waals surface area contributed by atoms with Crippen molar-refractivity contribution in [2.45, 2.75) is 6.92 Å². The first-order chi connectivity index (χ1) is 7.08. The van der Waals surface area contributed by atoms with Crippen LogP contribution in [0.25, 0.3) is 11.3 Å². The average molecular weight is 243 g/mol. The van der Waals surface area contributed by atoms with Crippen LogP contribution in [0.3, 0.4) is 0 Å². The van der Waals surface area contributed by atoms with Crippen LogP contribution in [0.2, 0.25) is 10.0 Å². The fourth-order valence-corrected chi connectivity index (χ4v) is 1.62. The molecule has 0 saturated heterocycles. The number of hydrogen-bond donors (Lipinski definition) is 2. The van der Waals surface area contributed by atoms with Gasteiger partial charge in [-0.15, -0.1) is 0 Å². The molecule has 2 aromatic rings. The second-order valence-corrected chi connectivity index (χ2v) is 4.03. The van der Waals surface area contributed by atoms with Gasteiger partial charge >= 0.3 is 0 Å². The molecule has 0 aliphatic heterocycles. The summed E-state index contributed by atoms with van der Waals surface area (Å²) in [6, 6.07) is 4.82. The van der Waals surface area contributed by atoms with Crippen LogP contribution in [0.5, 0.6) is 5.75 Å². The van der Waals surface area contributed by atoms with E-state index >= 15 is 0 Å². The van der Waals surface area contributed by atoms with E-state index in [9.17, 15) is 5.11 Å². The minimum absolute atomic E-state index is 0.0656. The molecule has 2 N–H and O–H groups in total. The molecule has 78 valence electrons. The third-order valence-electron chi connectivity index (χ3n) is 2.02. The maximum absolute atomic E-state index is 9.68. The number of nitrogens with zero attached hydrogens (tertiary/aromatic N) is 1. The number of rotatable bonds is 1. The van der Waals surface area contributed by atoms with Crippen LogP contribution in [-0.2, 0) is 0 Å². The standard InChI is InChI=1S/C10H8Cl2N2O/c1-5-2-9(14-13-5)6-3-7(11)8(12)4-10(6)15/h2-4,15H,1H3,(H,13,14). The topological polar surface area (TPSA) is 48.9 Å². The largest absolute Gasteiger partial charge is 0.507 e. The summed E-state index contributed by atoms with van der Waals surface area (Å²) in [6.07, 6.45) is 0. The quantitative estimate of drug-likeness (QED) is 0.806. The fourth-order valence-electron chi connectivity index (χ4n) is 1.30. The number of aromatic amines is 1. The summed E-state index contributed by atoms with van der Waals surface area (Å²) in [4.78, 5) is 0. The lowest BCUT2D eigenvalue weighted by Gasteiger charge is -2.03. The van der Waals surface area contributed by atoms with Gasteiger partial charge in [0.1, 0.15) is 5.75 Å². The Balaban J connectivity index is 2.58. The Labute approximate surface area is 96.7 Å². The van der Waals surface area contributed by atoms with E-state index in [0.717, 1.165) is 5.69 Å². The van der Waals surface area contributed by atoms with E-state index in [4.69, 9.17) is 23.2 Å². The molecular formula is C10H8Cl2N2O. The van der Waals surface area contributed by atoms with Crippen LogP contribution in [-0.4, -0.2) is 15.3 Å². The Morgan fingerprint density at radius 1 is 1.20 bits per heavy atom. The van der Waals surface area contributed by atoms with E-state index in [0.29, 0.717) is 21.3 Å². The van der Waals surface area contributed by atoms with Gasteiger partial charge in [0.15, 0.2) is 0 Å². The molecule has 0 bridgehead atoms. The average Bonchev–Trinajstić information content (AvgIpc) is 2.58. The van der Waals surface area contributed by atoms with Gasteiger partial charge in [-0.1, -0.05) is 23.2 Å². The summed E-state index contributed by atoms with van der Waals surface area (Å²) in [5.41, 5.74) is 2.12. The summed E-state index contributed by atoms with van der Waals surface area (Å²) in [6.45, 7) is 1.88. The zero-order chi connectivity index (χ0) is 11.0. The molecule has 5 heteroatoms. The van der Waals surface area contributed by atoms with E-state index in [2.05, 4.69) is 10.2 Å². The van der Waals surface area contributed by atoms with Crippen molar-refractivity contribution in [2.24, 2.45) is 0 Å². The van der Waals surface area contributed by atoms with E-state index in [-0.39, 0.29) is 5.75 Å². The number of hydrogen-bond acceptors (Lipinski definition) is 2. The smallest absolute Gasteiger partial charge is 0.126 e. The summed E-state index contributed by atoms with van der Waals surface area (Å²) in [5, 5.41) is 17.2. The minimum Gasteiger partial charge on any atom is -0.507 e. The van der Waals surface area contributed by atoms with Crippen molar-refractivity contribution >= 4 is 23.2 Å². The molecule has 15 heavy (non-hydrogen) atoms. The van der Waals surface area contributed by atoms with Crippen LogP contribution in [0.4, 0.5) is 0 Å². The molecule has 0 aliphatic rings. The maximum Gasteiger partial charge on any atom is 0.126 e. The van der Waals surface area contributed by atoms with Crippen LogP contribution in [0, 0.1) is 6.92 Å². The zero-order valence-electron chi connectivity index (χ0n) is 7.88. The molecule has 1 aromatic heterocycles. The molecule has 1 heterocycles. The normalized spacial score (nSPS) is 10.6. The number of H-pyrrole nitrogens is 1. The lowest BCUT2D eigenvalue weighted by Crippen LogP contribution is -1.81. The first-order valence-electron chi connectivity index (χ1n) is 4.28. The van der Waals surface area contributed by atoms with Crippen molar-refractivity contribution in [1.82, 2.24) is 10.2 Å². The lowest BCUT2D eigenvalue weighted by atomic mass is 10.1. The minimum atomic E-state index is 0.0656. The third kappa shape index (κ3) is 1.94. The maximum atomic E-state index is 9.68. The van der Waals surface area contributed by atoms with Crippen molar-refractivity contribution in [1.29, 1.82) is 0 Å². The Bertz CT molecular complexity index is 508. The molecule has 3 nitrogen and oxygen atoms in total. The van der Waals surface area contributed by atoms with Gasteiger partial charge in [0.05, 0.1) is 15.7 Å². The van der Waals surface area contributed by atoms with E-state index in [1.807, 2.05) is 13.0 Å². The van der Waals surface area contributed by atoms with Gasteiger partial charge in [-0.25, -0.2) is 0 Å². The molecule has 0 spiro atoms. The highest BCUT2D eigenvalue weighted by atomic mass is 35.5. The molecule has 1 aromatic carbocycles. The van der Waals surface area contributed by atoms with Crippen LogP contribution in [0.1, 0.15) is 5.69 Å². The molecular weight excluding hydrogens is 235 g/mol. The van der Waals surface area contributed by atoms with Crippen molar-refractivity contribution < 1.29 is 5.11 Å². The molecule has 0 amide bonds. The SMILES string of the molecule is Cc1cc(-c2cc(Cl)c(Cl)cc2O)n[nH]1. The predicted molar refractivity (Wildman–Crippen MR) is 60.4 cm³/mol. The molecule has 2 rings (SSSR count). The van der Waals surface area contributed by atoms with E-state index in [1.54, 1.807) is 6.07 Å². The second-order valence-electron chi connectivity index (χ2n) is 3.22.